The first-order valence-corrected chi connectivity index (χ1v) is 7.49. The van der Waals surface area contributed by atoms with Crippen LogP contribution in [-0.2, 0) is 6.42 Å². The molecular weight excluding hydrogens is 256 g/mol. The molecule has 0 bridgehead atoms. The van der Waals surface area contributed by atoms with E-state index in [0.717, 1.165) is 24.3 Å². The number of para-hydroxylation sites is 1. The van der Waals surface area contributed by atoms with Gasteiger partial charge < -0.3 is 11.1 Å². The van der Waals surface area contributed by atoms with E-state index in [-0.39, 0.29) is 0 Å². The molecule has 100 valence electrons. The molecule has 0 unspecified atom stereocenters. The fourth-order valence-corrected chi connectivity index (χ4v) is 2.25. The maximum absolute atomic E-state index is 5.78. The summed E-state index contributed by atoms with van der Waals surface area (Å²) in [5.41, 5.74) is 8.14. The topological polar surface area (TPSA) is 63.8 Å². The lowest BCUT2D eigenvalue weighted by molar-refractivity contribution is 0.922. The summed E-state index contributed by atoms with van der Waals surface area (Å²) in [4.78, 5) is 8.55. The van der Waals surface area contributed by atoms with Crippen molar-refractivity contribution in [1.29, 1.82) is 0 Å². The Hall–Kier alpha value is -1.75. The molecule has 2 rings (SSSR count). The first kappa shape index (κ1) is 13.7. The lowest BCUT2D eigenvalue weighted by Crippen LogP contribution is -2.02. The Morgan fingerprint density at radius 1 is 1.26 bits per heavy atom. The van der Waals surface area contributed by atoms with Crippen LogP contribution in [0.1, 0.15) is 18.9 Å². The smallest absolute Gasteiger partial charge is 0.191 e. The number of nitrogens with two attached hydrogens (primary N) is 1. The molecule has 0 aliphatic rings. The van der Waals surface area contributed by atoms with Crippen molar-refractivity contribution in [2.75, 3.05) is 17.3 Å². The van der Waals surface area contributed by atoms with Crippen molar-refractivity contribution in [2.45, 2.75) is 24.9 Å². The number of rotatable bonds is 5. The molecule has 0 spiro atoms. The molecule has 5 heteroatoms. The first-order chi connectivity index (χ1) is 9.22. The summed E-state index contributed by atoms with van der Waals surface area (Å²) in [6, 6.07) is 10.0. The van der Waals surface area contributed by atoms with Gasteiger partial charge in [0.2, 0.25) is 0 Å². The minimum Gasteiger partial charge on any atom is -0.383 e. The highest BCUT2D eigenvalue weighted by atomic mass is 32.2. The van der Waals surface area contributed by atoms with Gasteiger partial charge in [-0.25, -0.2) is 9.97 Å². The second kappa shape index (κ2) is 6.43. The van der Waals surface area contributed by atoms with E-state index in [4.69, 9.17) is 5.73 Å². The predicted molar refractivity (Wildman–Crippen MR) is 81.9 cm³/mol. The predicted octanol–water partition coefficient (Wildman–Crippen LogP) is 3.48. The van der Waals surface area contributed by atoms with E-state index in [9.17, 15) is 0 Å². The summed E-state index contributed by atoms with van der Waals surface area (Å²) in [6.45, 7) is 2.17. The van der Waals surface area contributed by atoms with Crippen molar-refractivity contribution in [2.24, 2.45) is 0 Å². The third-order valence-electron chi connectivity index (χ3n) is 2.71. The maximum Gasteiger partial charge on any atom is 0.191 e. The van der Waals surface area contributed by atoms with Crippen molar-refractivity contribution in [3.05, 3.63) is 35.9 Å². The standard InChI is InChI=1S/C14H18N4S/c1-3-6-10-7-4-5-8-11(10)16-13-9-12(15)17-14(18-13)19-2/h4-5,7-9H,3,6H2,1-2H3,(H3,15,16,17,18). The molecule has 0 aliphatic heterocycles. The molecular formula is C14H18N4S. The van der Waals surface area contributed by atoms with Crippen molar-refractivity contribution >= 4 is 29.1 Å². The van der Waals surface area contributed by atoms with Crippen LogP contribution in [0.2, 0.25) is 0 Å². The van der Waals surface area contributed by atoms with Gasteiger partial charge in [0.1, 0.15) is 11.6 Å². The number of nitrogens with one attached hydrogen (secondary N) is 1. The number of nitrogen functional groups attached to an aromatic ring is 1. The number of nitrogens with zero attached hydrogens (tertiary/aromatic N) is 2. The number of hydrogen-bond acceptors (Lipinski definition) is 5. The van der Waals surface area contributed by atoms with Gasteiger partial charge in [-0.15, -0.1) is 0 Å². The van der Waals surface area contributed by atoms with E-state index < -0.39 is 0 Å². The van der Waals surface area contributed by atoms with Gasteiger partial charge in [0, 0.05) is 11.8 Å². The summed E-state index contributed by atoms with van der Waals surface area (Å²) in [5, 5.41) is 4.00. The van der Waals surface area contributed by atoms with Crippen LogP contribution >= 0.6 is 11.8 Å². The Morgan fingerprint density at radius 3 is 2.79 bits per heavy atom. The second-order valence-electron chi connectivity index (χ2n) is 4.20. The SMILES string of the molecule is CCCc1ccccc1Nc1cc(N)nc(SC)n1. The van der Waals surface area contributed by atoms with E-state index in [1.54, 1.807) is 6.07 Å². The van der Waals surface area contributed by atoms with Crippen molar-refractivity contribution in [3.63, 3.8) is 0 Å². The fraction of sp³-hybridized carbons (Fsp3) is 0.286. The lowest BCUT2D eigenvalue weighted by Gasteiger charge is -2.11. The summed E-state index contributed by atoms with van der Waals surface area (Å²) >= 11 is 1.48. The summed E-state index contributed by atoms with van der Waals surface area (Å²) in [5.74, 6) is 1.22. The Morgan fingerprint density at radius 2 is 2.05 bits per heavy atom. The molecule has 0 aliphatic carbocycles. The number of aromatic nitrogens is 2. The number of thioether (sulfide) groups is 1. The Kier molecular flexibility index (Phi) is 4.63. The van der Waals surface area contributed by atoms with Crippen LogP contribution in [0, 0.1) is 0 Å². The van der Waals surface area contributed by atoms with Gasteiger partial charge in [0.05, 0.1) is 0 Å². The summed E-state index contributed by atoms with van der Waals surface area (Å²) in [7, 11) is 0. The highest BCUT2D eigenvalue weighted by molar-refractivity contribution is 7.98. The van der Waals surface area contributed by atoms with Crippen molar-refractivity contribution < 1.29 is 0 Å². The van der Waals surface area contributed by atoms with Crippen LogP contribution in [0.25, 0.3) is 0 Å². The molecule has 19 heavy (non-hydrogen) atoms. The van der Waals surface area contributed by atoms with Crippen LogP contribution < -0.4 is 11.1 Å². The van der Waals surface area contributed by atoms with Crippen molar-refractivity contribution in [1.82, 2.24) is 9.97 Å². The average molecular weight is 274 g/mol. The molecule has 0 saturated carbocycles. The van der Waals surface area contributed by atoms with Gasteiger partial charge in [0.25, 0.3) is 0 Å². The monoisotopic (exact) mass is 274 g/mol. The summed E-state index contributed by atoms with van der Waals surface area (Å²) < 4.78 is 0. The summed E-state index contributed by atoms with van der Waals surface area (Å²) in [6.07, 6.45) is 4.09. The largest absolute Gasteiger partial charge is 0.383 e. The molecule has 0 saturated heterocycles. The minimum absolute atomic E-state index is 0.481. The lowest BCUT2D eigenvalue weighted by atomic mass is 10.1. The van der Waals surface area contributed by atoms with Gasteiger partial charge in [0.15, 0.2) is 5.16 Å². The highest BCUT2D eigenvalue weighted by Gasteiger charge is 2.05. The highest BCUT2D eigenvalue weighted by Crippen LogP contribution is 2.23. The number of aryl methyl sites for hydroxylation is 1. The Bertz CT molecular complexity index is 557. The number of hydrogen-bond donors (Lipinski definition) is 2. The third kappa shape index (κ3) is 3.61. The number of anilines is 3. The molecule has 1 heterocycles. The van der Waals surface area contributed by atoms with Gasteiger partial charge in [-0.05, 0) is 24.3 Å². The van der Waals surface area contributed by atoms with E-state index in [1.165, 1.54) is 17.3 Å². The van der Waals surface area contributed by atoms with Crippen LogP contribution in [-0.4, -0.2) is 16.2 Å². The molecule has 0 atom stereocenters. The molecule has 4 nitrogen and oxygen atoms in total. The molecule has 2 aromatic rings. The number of benzene rings is 1. The van der Waals surface area contributed by atoms with Crippen molar-refractivity contribution in [3.8, 4) is 0 Å². The van der Waals surface area contributed by atoms with E-state index in [2.05, 4.69) is 40.4 Å². The van der Waals surface area contributed by atoms with Crippen LogP contribution in [0.4, 0.5) is 17.3 Å². The normalized spacial score (nSPS) is 10.4. The Labute approximate surface area is 117 Å². The molecule has 0 radical (unpaired) electrons. The molecule has 1 aromatic heterocycles. The van der Waals surface area contributed by atoms with E-state index in [0.29, 0.717) is 11.0 Å². The van der Waals surface area contributed by atoms with E-state index >= 15 is 0 Å². The minimum atomic E-state index is 0.481. The van der Waals surface area contributed by atoms with Gasteiger partial charge in [-0.1, -0.05) is 43.3 Å². The fourth-order valence-electron chi connectivity index (χ4n) is 1.87. The average Bonchev–Trinajstić information content (AvgIpc) is 2.40. The first-order valence-electron chi connectivity index (χ1n) is 6.26. The third-order valence-corrected chi connectivity index (χ3v) is 3.26. The second-order valence-corrected chi connectivity index (χ2v) is 4.97. The molecule has 0 fully saturated rings. The zero-order chi connectivity index (χ0) is 13.7. The Balaban J connectivity index is 2.28. The van der Waals surface area contributed by atoms with Gasteiger partial charge in [-0.3, -0.25) is 0 Å². The van der Waals surface area contributed by atoms with Crippen LogP contribution in [0.3, 0.4) is 0 Å². The van der Waals surface area contributed by atoms with E-state index in [1.807, 2.05) is 12.3 Å². The quantitative estimate of drug-likeness (QED) is 0.645. The zero-order valence-corrected chi connectivity index (χ0v) is 12.0. The van der Waals surface area contributed by atoms with Gasteiger partial charge in [-0.2, -0.15) is 0 Å². The molecule has 3 N–H and O–H groups in total. The van der Waals surface area contributed by atoms with Crippen LogP contribution in [0.5, 0.6) is 0 Å². The van der Waals surface area contributed by atoms with Crippen LogP contribution in [0.15, 0.2) is 35.5 Å². The van der Waals surface area contributed by atoms with Gasteiger partial charge >= 0.3 is 0 Å². The molecule has 1 aromatic carbocycles. The zero-order valence-electron chi connectivity index (χ0n) is 11.2. The molecule has 0 amide bonds. The maximum atomic E-state index is 5.78.